The van der Waals surface area contributed by atoms with Crippen LogP contribution < -0.4 is 0 Å². The van der Waals surface area contributed by atoms with Gasteiger partial charge in [0.25, 0.3) is 11.8 Å². The lowest BCUT2D eigenvalue weighted by atomic mass is 9.81. The number of amides is 2. The molecule has 1 aliphatic rings. The number of carbonyl (C=O) groups excluding carboxylic acids is 2. The van der Waals surface area contributed by atoms with Gasteiger partial charge in [0.2, 0.25) is 0 Å². The summed E-state index contributed by atoms with van der Waals surface area (Å²) in [5.41, 5.74) is 0.619. The van der Waals surface area contributed by atoms with E-state index in [1.807, 2.05) is 18.8 Å². The van der Waals surface area contributed by atoms with Crippen molar-refractivity contribution in [1.82, 2.24) is 4.90 Å². The summed E-state index contributed by atoms with van der Waals surface area (Å²) in [7, 11) is 0. The summed E-state index contributed by atoms with van der Waals surface area (Å²) < 4.78 is 0. The predicted molar refractivity (Wildman–Crippen MR) is 95.0 cm³/mol. The zero-order valence-corrected chi connectivity index (χ0v) is 15.8. The fourth-order valence-corrected chi connectivity index (χ4v) is 3.12. The molecule has 1 aliphatic heterocycles. The van der Waals surface area contributed by atoms with Gasteiger partial charge in [-0.15, -0.1) is 0 Å². The maximum atomic E-state index is 12.4. The number of benzene rings is 1. The van der Waals surface area contributed by atoms with Gasteiger partial charge in [-0.25, -0.2) is 0 Å². The van der Waals surface area contributed by atoms with Crippen molar-refractivity contribution < 1.29 is 9.59 Å². The lowest BCUT2D eigenvalue weighted by molar-refractivity contribution is 0.0408. The van der Waals surface area contributed by atoms with Crippen LogP contribution in [0.25, 0.3) is 0 Å². The largest absolute Gasteiger partial charge is 0.269 e. The van der Waals surface area contributed by atoms with Gasteiger partial charge < -0.3 is 0 Å². The first-order valence-corrected chi connectivity index (χ1v) is 9.15. The zero-order chi connectivity index (χ0) is 16.4. The Balaban J connectivity index is 0.00000106. The average Bonchev–Trinajstić information content (AvgIpc) is 2.63. The van der Waals surface area contributed by atoms with E-state index in [2.05, 4.69) is 43.4 Å². The molecule has 0 aliphatic carbocycles. The first kappa shape index (κ1) is 18.1. The van der Waals surface area contributed by atoms with E-state index < -0.39 is 5.54 Å². The minimum atomic E-state index is -0.481. The topological polar surface area (TPSA) is 37.4 Å². The first-order valence-electron chi connectivity index (χ1n) is 6.99. The van der Waals surface area contributed by atoms with Gasteiger partial charge in [-0.2, -0.15) is 0 Å². The number of alkyl halides is 1. The molecular formula is C17H24INO2. The van der Waals surface area contributed by atoms with E-state index in [-0.39, 0.29) is 17.2 Å². The van der Waals surface area contributed by atoms with Gasteiger partial charge in [0.15, 0.2) is 0 Å². The molecule has 3 nitrogen and oxygen atoms in total. The molecule has 1 heterocycles. The maximum Gasteiger partial charge on any atom is 0.262 e. The number of nitrogens with zero attached hydrogens (tertiary/aromatic N) is 1. The van der Waals surface area contributed by atoms with Crippen molar-refractivity contribution in [2.24, 2.45) is 5.41 Å². The quantitative estimate of drug-likeness (QED) is 0.414. The summed E-state index contributed by atoms with van der Waals surface area (Å²) in [6.45, 7) is 10.3. The third-order valence-electron chi connectivity index (χ3n) is 3.36. The van der Waals surface area contributed by atoms with Crippen molar-refractivity contribution in [3.63, 3.8) is 0 Å². The highest BCUT2D eigenvalue weighted by Crippen LogP contribution is 2.36. The number of carbonyl (C=O) groups is 2. The van der Waals surface area contributed by atoms with Crippen LogP contribution in [0.15, 0.2) is 24.3 Å². The standard InChI is InChI=1S/C16H21NO2.CH3I/c1-15(2,3)10-16(4,5)17-13(18)11-8-6-7-9-12(11)14(17)19;1-2/h6-9H,10H2,1-5H3;1H3. The van der Waals surface area contributed by atoms with Crippen molar-refractivity contribution in [3.8, 4) is 0 Å². The fourth-order valence-electron chi connectivity index (χ4n) is 3.12. The van der Waals surface area contributed by atoms with Crippen LogP contribution in [0.5, 0.6) is 0 Å². The monoisotopic (exact) mass is 401 g/mol. The Morgan fingerprint density at radius 2 is 1.29 bits per heavy atom. The van der Waals surface area contributed by atoms with E-state index in [4.69, 9.17) is 0 Å². The van der Waals surface area contributed by atoms with Crippen LogP contribution in [-0.2, 0) is 0 Å². The number of hydrogen-bond donors (Lipinski definition) is 0. The summed E-state index contributed by atoms with van der Waals surface area (Å²) >= 11 is 2.15. The Hall–Kier alpha value is -0.910. The summed E-state index contributed by atoms with van der Waals surface area (Å²) in [5, 5.41) is 0. The fraction of sp³-hybridized carbons (Fsp3) is 0.529. The molecule has 0 unspecified atom stereocenters. The Morgan fingerprint density at radius 3 is 1.62 bits per heavy atom. The third-order valence-corrected chi connectivity index (χ3v) is 3.36. The summed E-state index contributed by atoms with van der Waals surface area (Å²) in [6, 6.07) is 7.04. The van der Waals surface area contributed by atoms with Crippen molar-refractivity contribution >= 4 is 34.4 Å². The molecule has 0 bridgehead atoms. The van der Waals surface area contributed by atoms with E-state index in [1.165, 1.54) is 4.90 Å². The van der Waals surface area contributed by atoms with Crippen molar-refractivity contribution in [2.75, 3.05) is 4.93 Å². The molecule has 0 saturated heterocycles. The van der Waals surface area contributed by atoms with Gasteiger partial charge in [-0.1, -0.05) is 55.5 Å². The highest BCUT2D eigenvalue weighted by atomic mass is 127. The minimum Gasteiger partial charge on any atom is -0.269 e. The van der Waals surface area contributed by atoms with Gasteiger partial charge in [0.05, 0.1) is 11.1 Å². The summed E-state index contributed by atoms with van der Waals surface area (Å²) in [5.74, 6) is -0.343. The second kappa shape index (κ2) is 6.46. The van der Waals surface area contributed by atoms with Crippen LogP contribution in [0.4, 0.5) is 0 Å². The normalized spacial score (nSPS) is 14.7. The van der Waals surface area contributed by atoms with Crippen molar-refractivity contribution in [1.29, 1.82) is 0 Å². The summed E-state index contributed by atoms with van der Waals surface area (Å²) in [4.78, 5) is 28.3. The maximum absolute atomic E-state index is 12.4. The van der Waals surface area contributed by atoms with Gasteiger partial charge in [-0.05, 0) is 42.7 Å². The number of halogens is 1. The van der Waals surface area contributed by atoms with Gasteiger partial charge in [0, 0.05) is 5.54 Å². The molecule has 0 aromatic heterocycles. The number of rotatable bonds is 2. The third kappa shape index (κ3) is 3.84. The molecule has 1 aromatic carbocycles. The first-order chi connectivity index (χ1) is 9.63. The van der Waals surface area contributed by atoms with Gasteiger partial charge in [-0.3, -0.25) is 14.5 Å². The molecule has 0 fully saturated rings. The van der Waals surface area contributed by atoms with Crippen LogP contribution in [0.3, 0.4) is 0 Å². The molecule has 116 valence electrons. The number of imide groups is 1. The Bertz CT molecular complexity index is 509. The molecule has 4 heteroatoms. The highest BCUT2D eigenvalue weighted by Gasteiger charge is 2.45. The molecular weight excluding hydrogens is 377 g/mol. The van der Waals surface area contributed by atoms with E-state index >= 15 is 0 Å². The number of hydrogen-bond acceptors (Lipinski definition) is 2. The molecule has 0 N–H and O–H groups in total. The van der Waals surface area contributed by atoms with E-state index in [9.17, 15) is 9.59 Å². The number of fused-ring (bicyclic) bond motifs is 1. The Kier molecular flexibility index (Phi) is 5.58. The molecule has 0 spiro atoms. The highest BCUT2D eigenvalue weighted by molar-refractivity contribution is 14.1. The molecule has 2 amide bonds. The van der Waals surface area contributed by atoms with Crippen LogP contribution in [0.2, 0.25) is 0 Å². The lowest BCUT2D eigenvalue weighted by Gasteiger charge is -2.38. The Labute approximate surface area is 141 Å². The van der Waals surface area contributed by atoms with Gasteiger partial charge >= 0.3 is 0 Å². The van der Waals surface area contributed by atoms with Crippen LogP contribution >= 0.6 is 22.6 Å². The second-order valence-electron chi connectivity index (χ2n) is 7.04. The van der Waals surface area contributed by atoms with Crippen LogP contribution in [-0.4, -0.2) is 27.2 Å². The smallest absolute Gasteiger partial charge is 0.262 e. The molecule has 2 rings (SSSR count). The van der Waals surface area contributed by atoms with Gasteiger partial charge in [0.1, 0.15) is 0 Å². The second-order valence-corrected chi connectivity index (χ2v) is 7.04. The van der Waals surface area contributed by atoms with Crippen molar-refractivity contribution in [2.45, 2.75) is 46.6 Å². The van der Waals surface area contributed by atoms with Crippen LogP contribution in [0.1, 0.15) is 61.8 Å². The molecule has 0 radical (unpaired) electrons. The SMILES string of the molecule is CC(C)(C)CC(C)(C)N1C(=O)c2ccccc2C1=O.CI. The average molecular weight is 401 g/mol. The zero-order valence-electron chi connectivity index (χ0n) is 13.7. The van der Waals surface area contributed by atoms with E-state index in [0.29, 0.717) is 11.1 Å². The minimum absolute atomic E-state index is 0.0544. The lowest BCUT2D eigenvalue weighted by Crippen LogP contribution is -2.49. The molecule has 0 saturated carbocycles. The Morgan fingerprint density at radius 1 is 0.905 bits per heavy atom. The summed E-state index contributed by atoms with van der Waals surface area (Å²) in [6.07, 6.45) is 0.769. The van der Waals surface area contributed by atoms with Crippen molar-refractivity contribution in [3.05, 3.63) is 35.4 Å². The van der Waals surface area contributed by atoms with E-state index in [0.717, 1.165) is 6.42 Å². The van der Waals surface area contributed by atoms with E-state index in [1.54, 1.807) is 24.3 Å². The molecule has 0 atom stereocenters. The molecule has 21 heavy (non-hydrogen) atoms. The predicted octanol–water partition coefficient (Wildman–Crippen LogP) is 4.55. The molecule has 1 aromatic rings. The van der Waals surface area contributed by atoms with Crippen LogP contribution in [0, 0.1) is 5.41 Å².